The number of rotatable bonds is 5. The average molecular weight is 481 g/mol. The monoisotopic (exact) mass is 480 g/mol. The molecule has 0 aliphatic carbocycles. The summed E-state index contributed by atoms with van der Waals surface area (Å²) in [5.74, 6) is 1.60. The highest BCUT2D eigenvalue weighted by Crippen LogP contribution is 2.36. The molecule has 182 valence electrons. The molecule has 1 fully saturated rings. The molecule has 2 aliphatic heterocycles. The van der Waals surface area contributed by atoms with Gasteiger partial charge in [-0.25, -0.2) is 4.68 Å². The van der Waals surface area contributed by atoms with Crippen molar-refractivity contribution in [3.05, 3.63) is 83.9 Å². The van der Waals surface area contributed by atoms with Gasteiger partial charge in [-0.3, -0.25) is 4.79 Å². The standard InChI is InChI=1S/C28H28N6O2/c29-27(35)25-26(20-7-10-23(11-8-20)36-22-4-2-1-3-5-22)32-34-15-12-19-6-9-21(18-24(19)31-28(25)34)33-16-13-30-14-17-33/h1-11,18,30-31H,12-17H2,(H2,29,35). The fourth-order valence-corrected chi connectivity index (χ4v) is 4.86. The number of nitrogens with zero attached hydrogens (tertiary/aromatic N) is 3. The lowest BCUT2D eigenvalue weighted by Gasteiger charge is -2.30. The highest BCUT2D eigenvalue weighted by molar-refractivity contribution is 6.04. The lowest BCUT2D eigenvalue weighted by molar-refractivity contribution is 0.100. The Labute approximate surface area is 209 Å². The summed E-state index contributed by atoms with van der Waals surface area (Å²) in [7, 11) is 0. The largest absolute Gasteiger partial charge is 0.457 e. The Morgan fingerprint density at radius 3 is 2.42 bits per heavy atom. The Kier molecular flexibility index (Phi) is 5.79. The van der Waals surface area contributed by atoms with Gasteiger partial charge < -0.3 is 26.0 Å². The Morgan fingerprint density at radius 2 is 1.67 bits per heavy atom. The number of aryl methyl sites for hydroxylation is 2. The summed E-state index contributed by atoms with van der Waals surface area (Å²) >= 11 is 0. The first kappa shape index (κ1) is 22.2. The van der Waals surface area contributed by atoms with Crippen molar-refractivity contribution in [3.8, 4) is 22.8 Å². The smallest absolute Gasteiger partial charge is 0.254 e. The first-order chi connectivity index (χ1) is 17.7. The Bertz CT molecular complexity index is 1390. The maximum atomic E-state index is 12.7. The summed E-state index contributed by atoms with van der Waals surface area (Å²) in [6.07, 6.45) is 0.806. The molecule has 4 N–H and O–H groups in total. The zero-order chi connectivity index (χ0) is 24.5. The minimum Gasteiger partial charge on any atom is -0.457 e. The molecule has 2 aliphatic rings. The molecule has 8 heteroatoms. The predicted octanol–water partition coefficient (Wildman–Crippen LogP) is 4.15. The quantitative estimate of drug-likeness (QED) is 0.397. The van der Waals surface area contributed by atoms with Crippen molar-refractivity contribution in [2.75, 3.05) is 36.4 Å². The molecule has 4 aromatic rings. The number of hydrogen-bond acceptors (Lipinski definition) is 6. The van der Waals surface area contributed by atoms with Crippen LogP contribution in [-0.4, -0.2) is 41.9 Å². The molecule has 0 atom stereocenters. The molecule has 0 spiro atoms. The topological polar surface area (TPSA) is 97.4 Å². The predicted molar refractivity (Wildman–Crippen MR) is 141 cm³/mol. The molecule has 8 nitrogen and oxygen atoms in total. The molecule has 0 bridgehead atoms. The molecular weight excluding hydrogens is 452 g/mol. The highest BCUT2D eigenvalue weighted by atomic mass is 16.5. The molecule has 1 amide bonds. The van der Waals surface area contributed by atoms with E-state index >= 15 is 0 Å². The molecule has 6 rings (SSSR count). The zero-order valence-corrected chi connectivity index (χ0v) is 19.9. The molecule has 36 heavy (non-hydrogen) atoms. The maximum Gasteiger partial charge on any atom is 0.254 e. The van der Waals surface area contributed by atoms with E-state index in [9.17, 15) is 4.79 Å². The number of para-hydroxylation sites is 1. The van der Waals surface area contributed by atoms with E-state index in [0.717, 1.165) is 49.6 Å². The van der Waals surface area contributed by atoms with Crippen molar-refractivity contribution in [3.63, 3.8) is 0 Å². The van der Waals surface area contributed by atoms with Crippen LogP contribution in [0.2, 0.25) is 0 Å². The fourth-order valence-electron chi connectivity index (χ4n) is 4.86. The molecule has 3 aromatic carbocycles. The van der Waals surface area contributed by atoms with Gasteiger partial charge in [0.05, 0.1) is 0 Å². The summed E-state index contributed by atoms with van der Waals surface area (Å²) in [6.45, 7) is 4.54. The van der Waals surface area contributed by atoms with Gasteiger partial charge in [0.2, 0.25) is 0 Å². The summed E-state index contributed by atoms with van der Waals surface area (Å²) in [5.41, 5.74) is 11.0. The van der Waals surface area contributed by atoms with Gasteiger partial charge in [-0.1, -0.05) is 24.3 Å². The van der Waals surface area contributed by atoms with Crippen LogP contribution in [0.3, 0.4) is 0 Å². The van der Waals surface area contributed by atoms with E-state index in [2.05, 4.69) is 33.7 Å². The van der Waals surface area contributed by atoms with E-state index in [1.807, 2.05) is 59.3 Å². The number of carbonyl (C=O) groups excluding carboxylic acids is 1. The second-order valence-electron chi connectivity index (χ2n) is 9.05. The van der Waals surface area contributed by atoms with Crippen LogP contribution in [0, 0.1) is 0 Å². The number of nitrogens with one attached hydrogen (secondary N) is 2. The van der Waals surface area contributed by atoms with Crippen molar-refractivity contribution in [2.24, 2.45) is 5.73 Å². The van der Waals surface area contributed by atoms with Crippen molar-refractivity contribution in [1.29, 1.82) is 0 Å². The van der Waals surface area contributed by atoms with Gasteiger partial charge in [-0.05, 0) is 60.5 Å². The van der Waals surface area contributed by atoms with Crippen LogP contribution in [0.25, 0.3) is 11.3 Å². The molecule has 3 heterocycles. The molecule has 0 radical (unpaired) electrons. The Balaban J connectivity index is 1.32. The maximum absolute atomic E-state index is 12.7. The number of carbonyl (C=O) groups is 1. The van der Waals surface area contributed by atoms with Crippen molar-refractivity contribution >= 4 is 23.1 Å². The Morgan fingerprint density at radius 1 is 0.917 bits per heavy atom. The molecular formula is C28H28N6O2. The lowest BCUT2D eigenvalue weighted by atomic mass is 10.1. The first-order valence-corrected chi connectivity index (χ1v) is 12.3. The van der Waals surface area contributed by atoms with Crippen LogP contribution in [0.15, 0.2) is 72.8 Å². The third kappa shape index (κ3) is 4.27. The highest BCUT2D eigenvalue weighted by Gasteiger charge is 2.26. The van der Waals surface area contributed by atoms with E-state index < -0.39 is 5.91 Å². The van der Waals surface area contributed by atoms with Crippen LogP contribution in [-0.2, 0) is 13.0 Å². The van der Waals surface area contributed by atoms with Gasteiger partial charge in [-0.15, -0.1) is 0 Å². The number of primary amides is 1. The van der Waals surface area contributed by atoms with Crippen molar-refractivity contribution in [1.82, 2.24) is 15.1 Å². The SMILES string of the molecule is NC(=O)c1c(-c2ccc(Oc3ccccc3)cc2)nn2c1Nc1cc(N3CCNCC3)ccc1CC2. The van der Waals surface area contributed by atoms with Gasteiger partial charge in [0.25, 0.3) is 5.91 Å². The first-order valence-electron chi connectivity index (χ1n) is 12.3. The number of anilines is 3. The second-order valence-corrected chi connectivity index (χ2v) is 9.05. The summed E-state index contributed by atoms with van der Waals surface area (Å²) < 4.78 is 7.76. The van der Waals surface area contributed by atoms with Crippen LogP contribution in [0.5, 0.6) is 11.5 Å². The number of benzene rings is 3. The van der Waals surface area contributed by atoms with E-state index in [0.29, 0.717) is 29.4 Å². The summed E-state index contributed by atoms with van der Waals surface area (Å²) in [5, 5.41) is 11.7. The fraction of sp³-hybridized carbons (Fsp3) is 0.214. The molecule has 1 saturated heterocycles. The number of piperazine rings is 1. The lowest BCUT2D eigenvalue weighted by Crippen LogP contribution is -2.43. The molecule has 0 saturated carbocycles. The van der Waals surface area contributed by atoms with Crippen LogP contribution in [0.4, 0.5) is 17.2 Å². The van der Waals surface area contributed by atoms with Crippen molar-refractivity contribution in [2.45, 2.75) is 13.0 Å². The van der Waals surface area contributed by atoms with E-state index in [1.54, 1.807) is 0 Å². The zero-order valence-electron chi connectivity index (χ0n) is 19.9. The third-order valence-electron chi connectivity index (χ3n) is 6.73. The number of fused-ring (bicyclic) bond motifs is 2. The number of aromatic nitrogens is 2. The van der Waals surface area contributed by atoms with Gasteiger partial charge in [-0.2, -0.15) is 5.10 Å². The van der Waals surface area contributed by atoms with E-state index in [-0.39, 0.29) is 0 Å². The number of ether oxygens (including phenoxy) is 1. The summed E-state index contributed by atoms with van der Waals surface area (Å²) in [6, 6.07) is 23.7. The number of amides is 1. The third-order valence-corrected chi connectivity index (χ3v) is 6.73. The molecule has 0 unspecified atom stereocenters. The number of hydrogen-bond donors (Lipinski definition) is 3. The Hall–Kier alpha value is -4.30. The van der Waals surface area contributed by atoms with Crippen LogP contribution < -0.4 is 26.0 Å². The van der Waals surface area contributed by atoms with Crippen LogP contribution in [0.1, 0.15) is 15.9 Å². The average Bonchev–Trinajstić information content (AvgIpc) is 3.18. The van der Waals surface area contributed by atoms with E-state index in [4.69, 9.17) is 15.6 Å². The summed E-state index contributed by atoms with van der Waals surface area (Å²) in [4.78, 5) is 15.0. The van der Waals surface area contributed by atoms with Gasteiger partial charge in [0, 0.05) is 49.7 Å². The normalized spacial score (nSPS) is 14.8. The minimum atomic E-state index is -0.509. The van der Waals surface area contributed by atoms with Crippen LogP contribution >= 0.6 is 0 Å². The van der Waals surface area contributed by atoms with Crippen molar-refractivity contribution < 1.29 is 9.53 Å². The second kappa shape index (κ2) is 9.39. The van der Waals surface area contributed by atoms with Gasteiger partial charge in [0.15, 0.2) is 0 Å². The van der Waals surface area contributed by atoms with Gasteiger partial charge >= 0.3 is 0 Å². The minimum absolute atomic E-state index is 0.396. The van der Waals surface area contributed by atoms with Gasteiger partial charge in [0.1, 0.15) is 28.6 Å². The number of nitrogens with two attached hydrogens (primary N) is 1. The van der Waals surface area contributed by atoms with E-state index in [1.165, 1.54) is 11.3 Å². The molecule has 1 aromatic heterocycles.